The van der Waals surface area contributed by atoms with E-state index in [0.29, 0.717) is 30.7 Å². The molecule has 1 aromatic heterocycles. The van der Waals surface area contributed by atoms with E-state index in [4.69, 9.17) is 5.73 Å². The lowest BCUT2D eigenvalue weighted by atomic mass is 9.92. The van der Waals surface area contributed by atoms with Crippen molar-refractivity contribution in [1.82, 2.24) is 14.5 Å². The lowest BCUT2D eigenvalue weighted by molar-refractivity contribution is 0.0570. The second-order valence-corrected chi connectivity index (χ2v) is 6.84. The molecule has 2 aliphatic heterocycles. The zero-order chi connectivity index (χ0) is 15.0. The second kappa shape index (κ2) is 5.81. The van der Waals surface area contributed by atoms with Crippen molar-refractivity contribution in [1.29, 1.82) is 0 Å². The van der Waals surface area contributed by atoms with E-state index in [1.807, 2.05) is 0 Å². The molecule has 114 valence electrons. The largest absolute Gasteiger partial charge is 0.334 e. The van der Waals surface area contributed by atoms with Gasteiger partial charge in [-0.2, -0.15) is 0 Å². The van der Waals surface area contributed by atoms with E-state index in [-0.39, 0.29) is 23.1 Å². The zero-order valence-electron chi connectivity index (χ0n) is 12.1. The molecule has 1 saturated heterocycles. The lowest BCUT2D eigenvalue weighted by Crippen LogP contribution is -2.50. The number of piperidine rings is 1. The van der Waals surface area contributed by atoms with Crippen LogP contribution < -0.4 is 11.3 Å². The molecule has 2 aliphatic rings. The Morgan fingerprint density at radius 3 is 3.10 bits per heavy atom. The Hall–Kier alpha value is -1.34. The van der Waals surface area contributed by atoms with Gasteiger partial charge in [0.15, 0.2) is 5.16 Å². The maximum absolute atomic E-state index is 12.7. The van der Waals surface area contributed by atoms with Crippen LogP contribution >= 0.6 is 11.8 Å². The number of amides is 1. The number of nitrogens with zero attached hydrogens (tertiary/aromatic N) is 3. The molecule has 2 N–H and O–H groups in total. The molecule has 2 unspecified atom stereocenters. The molecule has 1 amide bonds. The summed E-state index contributed by atoms with van der Waals surface area (Å²) in [5.41, 5.74) is 5.76. The summed E-state index contributed by atoms with van der Waals surface area (Å²) in [4.78, 5) is 31.1. The van der Waals surface area contributed by atoms with Gasteiger partial charge < -0.3 is 10.6 Å². The minimum absolute atomic E-state index is 0.0216. The molecule has 2 atom stereocenters. The van der Waals surface area contributed by atoms with Crippen LogP contribution in [0.1, 0.15) is 30.1 Å². The van der Waals surface area contributed by atoms with Crippen molar-refractivity contribution in [3.05, 3.63) is 22.1 Å². The Morgan fingerprint density at radius 1 is 1.52 bits per heavy atom. The number of carbonyl (C=O) groups excluding carboxylic acids is 1. The molecule has 1 fully saturated rings. The monoisotopic (exact) mass is 308 g/mol. The summed E-state index contributed by atoms with van der Waals surface area (Å²) in [7, 11) is 0. The van der Waals surface area contributed by atoms with Crippen molar-refractivity contribution in [3.63, 3.8) is 0 Å². The molecular formula is C14H20N4O2S. The Balaban J connectivity index is 1.90. The van der Waals surface area contributed by atoms with Crippen molar-refractivity contribution in [3.8, 4) is 0 Å². The van der Waals surface area contributed by atoms with Crippen LogP contribution in [-0.2, 0) is 6.54 Å². The molecule has 3 heterocycles. The third-order valence-electron chi connectivity index (χ3n) is 4.30. The van der Waals surface area contributed by atoms with Gasteiger partial charge in [-0.05, 0) is 18.8 Å². The number of nitrogens with two attached hydrogens (primary N) is 1. The minimum atomic E-state index is -0.220. The Morgan fingerprint density at radius 2 is 2.33 bits per heavy atom. The van der Waals surface area contributed by atoms with E-state index >= 15 is 0 Å². The first-order valence-electron chi connectivity index (χ1n) is 7.35. The van der Waals surface area contributed by atoms with Gasteiger partial charge in [0.25, 0.3) is 11.5 Å². The molecule has 0 aliphatic carbocycles. The van der Waals surface area contributed by atoms with Crippen LogP contribution in [0.15, 0.2) is 16.1 Å². The third-order valence-corrected chi connectivity index (χ3v) is 5.27. The minimum Gasteiger partial charge on any atom is -0.334 e. The second-order valence-electron chi connectivity index (χ2n) is 5.78. The molecule has 7 heteroatoms. The molecule has 0 radical (unpaired) electrons. The summed E-state index contributed by atoms with van der Waals surface area (Å²) in [5, 5.41) is 0.708. The molecule has 0 spiro atoms. The van der Waals surface area contributed by atoms with E-state index in [9.17, 15) is 9.59 Å². The van der Waals surface area contributed by atoms with Crippen molar-refractivity contribution < 1.29 is 4.79 Å². The number of aromatic nitrogens is 2. The smallest absolute Gasteiger partial charge is 0.267 e. The fourth-order valence-corrected chi connectivity index (χ4v) is 3.98. The van der Waals surface area contributed by atoms with Gasteiger partial charge in [-0.15, -0.1) is 0 Å². The highest BCUT2D eigenvalue weighted by molar-refractivity contribution is 7.99. The molecule has 21 heavy (non-hydrogen) atoms. The first-order valence-corrected chi connectivity index (χ1v) is 8.34. The molecule has 0 aromatic carbocycles. The highest BCUT2D eigenvalue weighted by Gasteiger charge is 2.31. The summed E-state index contributed by atoms with van der Waals surface area (Å²) in [6, 6.07) is 0.0216. The predicted molar refractivity (Wildman–Crippen MR) is 81.5 cm³/mol. The number of fused-ring (bicyclic) bond motifs is 1. The normalized spacial score (nSPS) is 25.0. The highest BCUT2D eigenvalue weighted by Crippen LogP contribution is 2.24. The summed E-state index contributed by atoms with van der Waals surface area (Å²) in [6.45, 7) is 3.90. The van der Waals surface area contributed by atoms with Crippen LogP contribution in [0.25, 0.3) is 0 Å². The fourth-order valence-electron chi connectivity index (χ4n) is 3.06. The van der Waals surface area contributed by atoms with Gasteiger partial charge in [-0.25, -0.2) is 4.98 Å². The van der Waals surface area contributed by atoms with Crippen LogP contribution in [-0.4, -0.2) is 45.2 Å². The maximum atomic E-state index is 12.7. The number of thioether (sulfide) groups is 1. The first kappa shape index (κ1) is 14.6. The van der Waals surface area contributed by atoms with E-state index < -0.39 is 0 Å². The number of rotatable bonds is 2. The molecule has 6 nitrogen and oxygen atoms in total. The van der Waals surface area contributed by atoms with Gasteiger partial charge in [0, 0.05) is 37.6 Å². The average Bonchev–Trinajstić information content (AvgIpc) is 2.96. The molecular weight excluding hydrogens is 288 g/mol. The van der Waals surface area contributed by atoms with Crippen LogP contribution in [0.3, 0.4) is 0 Å². The summed E-state index contributed by atoms with van der Waals surface area (Å²) < 4.78 is 1.60. The van der Waals surface area contributed by atoms with Gasteiger partial charge >= 0.3 is 0 Å². The summed E-state index contributed by atoms with van der Waals surface area (Å²) in [6.07, 6.45) is 3.29. The van der Waals surface area contributed by atoms with Crippen molar-refractivity contribution in [2.45, 2.75) is 37.5 Å². The van der Waals surface area contributed by atoms with Gasteiger partial charge in [0.05, 0.1) is 0 Å². The van der Waals surface area contributed by atoms with Crippen LogP contribution in [0.2, 0.25) is 0 Å². The maximum Gasteiger partial charge on any atom is 0.267 e. The average molecular weight is 308 g/mol. The predicted octanol–water partition coefficient (Wildman–Crippen LogP) is 0.548. The lowest BCUT2D eigenvalue weighted by Gasteiger charge is -2.37. The summed E-state index contributed by atoms with van der Waals surface area (Å²) in [5.74, 6) is 1.19. The first-order chi connectivity index (χ1) is 10.1. The van der Waals surface area contributed by atoms with Crippen molar-refractivity contribution in [2.24, 2.45) is 11.7 Å². The van der Waals surface area contributed by atoms with E-state index in [0.717, 1.165) is 18.6 Å². The standard InChI is InChI=1S/C14H20N4O2S/c1-9-2-3-17(10(6-9)7-15)12(19)11-8-16-14-18(13(11)20)4-5-21-14/h8-10H,2-7,15H2,1H3. The van der Waals surface area contributed by atoms with E-state index in [1.54, 1.807) is 21.2 Å². The summed E-state index contributed by atoms with van der Waals surface area (Å²) >= 11 is 1.55. The fraction of sp³-hybridized carbons (Fsp3) is 0.643. The van der Waals surface area contributed by atoms with E-state index in [2.05, 4.69) is 11.9 Å². The van der Waals surface area contributed by atoms with Crippen LogP contribution in [0.5, 0.6) is 0 Å². The molecule has 0 bridgehead atoms. The molecule has 1 aromatic rings. The SMILES string of the molecule is CC1CCN(C(=O)c2cnc3n(c2=O)CCS3)C(CN)C1. The van der Waals surface area contributed by atoms with Crippen LogP contribution in [0.4, 0.5) is 0 Å². The quantitative estimate of drug-likeness (QED) is 0.807. The third kappa shape index (κ3) is 2.60. The Bertz CT molecular complexity index is 615. The zero-order valence-corrected chi connectivity index (χ0v) is 12.9. The number of hydrogen-bond donors (Lipinski definition) is 1. The van der Waals surface area contributed by atoms with E-state index in [1.165, 1.54) is 6.20 Å². The Labute approximate surface area is 127 Å². The van der Waals surface area contributed by atoms with Crippen LogP contribution in [0, 0.1) is 5.92 Å². The Kier molecular flexibility index (Phi) is 4.03. The molecule has 0 saturated carbocycles. The van der Waals surface area contributed by atoms with Crippen molar-refractivity contribution >= 4 is 17.7 Å². The number of likely N-dealkylation sites (tertiary alicyclic amines) is 1. The topological polar surface area (TPSA) is 81.2 Å². The highest BCUT2D eigenvalue weighted by atomic mass is 32.2. The van der Waals surface area contributed by atoms with Gasteiger partial charge in [-0.3, -0.25) is 14.2 Å². The van der Waals surface area contributed by atoms with Gasteiger partial charge in [0.1, 0.15) is 5.56 Å². The van der Waals surface area contributed by atoms with Gasteiger partial charge in [-0.1, -0.05) is 18.7 Å². The number of carbonyl (C=O) groups is 1. The van der Waals surface area contributed by atoms with Gasteiger partial charge in [0.2, 0.25) is 0 Å². The number of hydrogen-bond acceptors (Lipinski definition) is 5. The molecule has 3 rings (SSSR count). The van der Waals surface area contributed by atoms with Crippen molar-refractivity contribution in [2.75, 3.05) is 18.8 Å².